The molecule has 0 bridgehead atoms. The molecule has 0 atom stereocenters. The summed E-state index contributed by atoms with van der Waals surface area (Å²) in [7, 11) is 3.15. The number of nitrogens with one attached hydrogen (secondary N) is 4. The summed E-state index contributed by atoms with van der Waals surface area (Å²) in [5.41, 5.74) is 2.38. The van der Waals surface area contributed by atoms with Gasteiger partial charge in [0, 0.05) is 62.7 Å². The summed E-state index contributed by atoms with van der Waals surface area (Å²) >= 11 is 0. The standard InChI is InChI=1S/C30H42N4O6/c1-39-21-19-31-29(37)23-11-15-25(16-12-23)33-27(35)9-7-5-3-4-6-8-10-28(36)34-26-17-13-24(14-18-26)30(38)32-20-22-40-2/h11-18H,3-10,19-22H2,1-2H3,(H,31,37)(H,32,38)(H,33,35)(H,34,36). The minimum atomic E-state index is -0.179. The van der Waals surface area contributed by atoms with E-state index in [4.69, 9.17) is 9.47 Å². The van der Waals surface area contributed by atoms with Crippen molar-refractivity contribution >= 4 is 35.0 Å². The molecule has 4 amide bonds. The summed E-state index contributed by atoms with van der Waals surface area (Å²) in [5, 5.41) is 11.2. The summed E-state index contributed by atoms with van der Waals surface area (Å²) in [6, 6.07) is 13.6. The second-order valence-electron chi connectivity index (χ2n) is 9.37. The number of anilines is 2. The van der Waals surface area contributed by atoms with Gasteiger partial charge in [-0.2, -0.15) is 0 Å². The number of carbonyl (C=O) groups is 4. The molecule has 0 aliphatic rings. The first-order valence-corrected chi connectivity index (χ1v) is 13.8. The smallest absolute Gasteiger partial charge is 0.251 e. The molecule has 0 unspecified atom stereocenters. The Labute approximate surface area is 236 Å². The molecule has 0 aliphatic heterocycles. The summed E-state index contributed by atoms with van der Waals surface area (Å²) in [4.78, 5) is 48.4. The zero-order valence-corrected chi connectivity index (χ0v) is 23.6. The van der Waals surface area contributed by atoms with E-state index < -0.39 is 0 Å². The van der Waals surface area contributed by atoms with Crippen molar-refractivity contribution in [1.82, 2.24) is 10.6 Å². The fourth-order valence-corrected chi connectivity index (χ4v) is 3.87. The number of methoxy groups -OCH3 is 2. The van der Waals surface area contributed by atoms with Crippen LogP contribution < -0.4 is 21.3 Å². The van der Waals surface area contributed by atoms with Crippen molar-refractivity contribution < 1.29 is 28.7 Å². The zero-order valence-electron chi connectivity index (χ0n) is 23.6. The number of hydrogen-bond acceptors (Lipinski definition) is 6. The summed E-state index contributed by atoms with van der Waals surface area (Å²) < 4.78 is 9.82. The number of rotatable bonds is 19. The minimum Gasteiger partial charge on any atom is -0.383 e. The van der Waals surface area contributed by atoms with Crippen molar-refractivity contribution in [2.45, 2.75) is 51.4 Å². The van der Waals surface area contributed by atoms with Crippen LogP contribution in [0.3, 0.4) is 0 Å². The molecule has 2 rings (SSSR count). The second-order valence-corrected chi connectivity index (χ2v) is 9.37. The third kappa shape index (κ3) is 13.3. The third-order valence-electron chi connectivity index (χ3n) is 6.10. The normalized spacial score (nSPS) is 10.6. The lowest BCUT2D eigenvalue weighted by Gasteiger charge is -2.08. The molecule has 40 heavy (non-hydrogen) atoms. The molecule has 0 heterocycles. The van der Waals surface area contributed by atoms with Crippen LogP contribution in [0.15, 0.2) is 48.5 Å². The van der Waals surface area contributed by atoms with E-state index >= 15 is 0 Å². The van der Waals surface area contributed by atoms with Crippen LogP contribution in [0.25, 0.3) is 0 Å². The van der Waals surface area contributed by atoms with Gasteiger partial charge < -0.3 is 30.7 Å². The maximum absolute atomic E-state index is 12.2. The van der Waals surface area contributed by atoms with Crippen LogP contribution >= 0.6 is 0 Å². The molecule has 2 aromatic rings. The number of hydrogen-bond donors (Lipinski definition) is 4. The van der Waals surface area contributed by atoms with Crippen molar-refractivity contribution in [1.29, 1.82) is 0 Å². The van der Waals surface area contributed by atoms with Gasteiger partial charge in [-0.15, -0.1) is 0 Å². The molecule has 0 aliphatic carbocycles. The number of unbranched alkanes of at least 4 members (excludes halogenated alkanes) is 5. The molecule has 4 N–H and O–H groups in total. The van der Waals surface area contributed by atoms with Crippen molar-refractivity contribution in [3.05, 3.63) is 59.7 Å². The van der Waals surface area contributed by atoms with Gasteiger partial charge >= 0.3 is 0 Å². The Kier molecular flexibility index (Phi) is 15.7. The van der Waals surface area contributed by atoms with E-state index in [2.05, 4.69) is 21.3 Å². The van der Waals surface area contributed by atoms with E-state index in [0.717, 1.165) is 38.5 Å². The van der Waals surface area contributed by atoms with Gasteiger partial charge in [0.2, 0.25) is 11.8 Å². The van der Waals surface area contributed by atoms with Crippen LogP contribution in [0.2, 0.25) is 0 Å². The first-order chi connectivity index (χ1) is 19.4. The SMILES string of the molecule is COCCNC(=O)c1ccc(NC(=O)CCCCCCCCC(=O)Nc2ccc(C(=O)NCCOC)cc2)cc1. The van der Waals surface area contributed by atoms with Crippen molar-refractivity contribution in [2.24, 2.45) is 0 Å². The zero-order chi connectivity index (χ0) is 29.0. The molecule has 0 aromatic heterocycles. The summed E-state index contributed by atoms with van der Waals surface area (Å²) in [6.45, 7) is 1.79. The average Bonchev–Trinajstić information content (AvgIpc) is 2.95. The van der Waals surface area contributed by atoms with E-state index in [9.17, 15) is 19.2 Å². The Hall–Kier alpha value is -3.76. The van der Waals surface area contributed by atoms with E-state index in [1.54, 1.807) is 62.8 Å². The number of carbonyl (C=O) groups excluding carboxylic acids is 4. The highest BCUT2D eigenvalue weighted by molar-refractivity contribution is 5.96. The van der Waals surface area contributed by atoms with E-state index in [1.807, 2.05) is 0 Å². The second kappa shape index (κ2) is 19.3. The Morgan fingerprint density at radius 2 is 0.900 bits per heavy atom. The number of ether oxygens (including phenoxy) is 2. The molecule has 0 fully saturated rings. The maximum Gasteiger partial charge on any atom is 0.251 e. The molecule has 0 saturated heterocycles. The number of benzene rings is 2. The van der Waals surface area contributed by atoms with Crippen molar-refractivity contribution in [2.75, 3.05) is 51.2 Å². The van der Waals surface area contributed by atoms with Crippen LogP contribution in [-0.4, -0.2) is 64.2 Å². The quantitative estimate of drug-likeness (QED) is 0.193. The molecule has 218 valence electrons. The largest absolute Gasteiger partial charge is 0.383 e. The molecule has 2 aromatic carbocycles. The maximum atomic E-state index is 12.2. The Morgan fingerprint density at radius 3 is 1.25 bits per heavy atom. The molecule has 10 heteroatoms. The predicted molar refractivity (Wildman–Crippen MR) is 155 cm³/mol. The lowest BCUT2D eigenvalue weighted by Crippen LogP contribution is -2.26. The highest BCUT2D eigenvalue weighted by atomic mass is 16.5. The Bertz CT molecular complexity index is 971. The van der Waals surface area contributed by atoms with Gasteiger partial charge in [-0.25, -0.2) is 0 Å². The average molecular weight is 555 g/mol. The Balaban J connectivity index is 1.51. The fraction of sp³-hybridized carbons (Fsp3) is 0.467. The molecule has 0 saturated carbocycles. The van der Waals surface area contributed by atoms with Gasteiger partial charge in [0.25, 0.3) is 11.8 Å². The van der Waals surface area contributed by atoms with E-state index in [0.29, 0.717) is 61.6 Å². The molecule has 0 radical (unpaired) electrons. The van der Waals surface area contributed by atoms with Crippen LogP contribution in [-0.2, 0) is 19.1 Å². The van der Waals surface area contributed by atoms with Crippen LogP contribution in [0.4, 0.5) is 11.4 Å². The van der Waals surface area contributed by atoms with Crippen molar-refractivity contribution in [3.63, 3.8) is 0 Å². The molecule has 10 nitrogen and oxygen atoms in total. The van der Waals surface area contributed by atoms with E-state index in [-0.39, 0.29) is 23.6 Å². The molecular formula is C30H42N4O6. The van der Waals surface area contributed by atoms with Gasteiger partial charge in [-0.05, 0) is 61.4 Å². The van der Waals surface area contributed by atoms with Gasteiger partial charge in [0.1, 0.15) is 0 Å². The van der Waals surface area contributed by atoms with Crippen LogP contribution in [0, 0.1) is 0 Å². The van der Waals surface area contributed by atoms with Crippen molar-refractivity contribution in [3.8, 4) is 0 Å². The highest BCUT2D eigenvalue weighted by Gasteiger charge is 2.08. The minimum absolute atomic E-state index is 0.0475. The first-order valence-electron chi connectivity index (χ1n) is 13.8. The van der Waals surface area contributed by atoms with Gasteiger partial charge in [0.05, 0.1) is 13.2 Å². The fourth-order valence-electron chi connectivity index (χ4n) is 3.87. The lowest BCUT2D eigenvalue weighted by molar-refractivity contribution is -0.117. The summed E-state index contributed by atoms with van der Waals surface area (Å²) in [5.74, 6) is -0.452. The Morgan fingerprint density at radius 1 is 0.550 bits per heavy atom. The number of amides is 4. The molecule has 0 spiro atoms. The summed E-state index contributed by atoms with van der Waals surface area (Å²) in [6.07, 6.45) is 6.40. The predicted octanol–water partition coefficient (Wildman–Crippen LogP) is 4.14. The first kappa shape index (κ1) is 32.5. The highest BCUT2D eigenvalue weighted by Crippen LogP contribution is 2.14. The lowest BCUT2D eigenvalue weighted by atomic mass is 10.1. The van der Waals surface area contributed by atoms with E-state index in [1.165, 1.54) is 0 Å². The van der Waals surface area contributed by atoms with Crippen LogP contribution in [0.1, 0.15) is 72.1 Å². The third-order valence-corrected chi connectivity index (χ3v) is 6.10. The molecular weight excluding hydrogens is 512 g/mol. The monoisotopic (exact) mass is 554 g/mol. The van der Waals surface area contributed by atoms with Gasteiger partial charge in [-0.1, -0.05) is 25.7 Å². The topological polar surface area (TPSA) is 135 Å². The van der Waals surface area contributed by atoms with Gasteiger partial charge in [-0.3, -0.25) is 19.2 Å². The van der Waals surface area contributed by atoms with Gasteiger partial charge in [0.15, 0.2) is 0 Å². The van der Waals surface area contributed by atoms with Crippen LogP contribution in [0.5, 0.6) is 0 Å².